The number of carbonyl (C=O) groups is 3. The van der Waals surface area contributed by atoms with E-state index >= 15 is 0 Å². The molecule has 2 amide bonds. The van der Waals surface area contributed by atoms with Gasteiger partial charge in [-0.2, -0.15) is 0 Å². The highest BCUT2D eigenvalue weighted by atomic mass is 16.6. The Morgan fingerprint density at radius 3 is 2.48 bits per heavy atom. The monoisotopic (exact) mass is 390 g/mol. The summed E-state index contributed by atoms with van der Waals surface area (Å²) in [6.45, 7) is 1.97. The molecular weight excluding hydrogens is 368 g/mol. The van der Waals surface area contributed by atoms with Crippen molar-refractivity contribution < 1.29 is 19.1 Å². The van der Waals surface area contributed by atoms with E-state index < -0.39 is 0 Å². The molecule has 2 N–H and O–H groups in total. The minimum absolute atomic E-state index is 0.0156. The van der Waals surface area contributed by atoms with Crippen molar-refractivity contribution in [1.29, 1.82) is 0 Å². The average Bonchev–Trinajstić information content (AvgIpc) is 3.31. The summed E-state index contributed by atoms with van der Waals surface area (Å²) in [6.07, 6.45) is 1.70. The van der Waals surface area contributed by atoms with E-state index in [1.807, 2.05) is 19.1 Å². The lowest BCUT2D eigenvalue weighted by atomic mass is 9.79. The van der Waals surface area contributed by atoms with E-state index in [0.717, 1.165) is 18.4 Å². The number of amides is 2. The Labute approximate surface area is 168 Å². The molecule has 1 heterocycles. The summed E-state index contributed by atoms with van der Waals surface area (Å²) in [5.41, 5.74) is 2.86. The summed E-state index contributed by atoms with van der Waals surface area (Å²) in [5.74, 6) is -0.781. The molecule has 5 atom stereocenters. The van der Waals surface area contributed by atoms with Crippen LogP contribution in [0.1, 0.15) is 28.8 Å². The molecule has 3 fully saturated rings. The van der Waals surface area contributed by atoms with E-state index in [1.165, 1.54) is 0 Å². The molecule has 0 spiro atoms. The van der Waals surface area contributed by atoms with E-state index in [1.54, 1.807) is 36.4 Å². The third kappa shape index (κ3) is 3.09. The predicted molar refractivity (Wildman–Crippen MR) is 107 cm³/mol. The van der Waals surface area contributed by atoms with Crippen LogP contribution in [-0.2, 0) is 14.3 Å². The molecule has 0 aromatic heterocycles. The SMILES string of the molecule is Cc1ccc(C(=O)Nc2cccc(NC(=O)C3C4CC5OC(=O)C3C5C4)c2)cc1. The van der Waals surface area contributed by atoms with Gasteiger partial charge >= 0.3 is 5.97 Å². The second-order valence-corrected chi connectivity index (χ2v) is 8.31. The fraction of sp³-hybridized carbons (Fsp3) is 0.348. The van der Waals surface area contributed by atoms with Crippen LogP contribution in [0, 0.1) is 30.6 Å². The second-order valence-electron chi connectivity index (χ2n) is 8.31. The van der Waals surface area contributed by atoms with Gasteiger partial charge in [-0.05, 0) is 56.0 Å². The Hall–Kier alpha value is -3.15. The second kappa shape index (κ2) is 6.72. The molecule has 2 aromatic rings. The van der Waals surface area contributed by atoms with Crippen LogP contribution < -0.4 is 10.6 Å². The summed E-state index contributed by atoms with van der Waals surface area (Å²) in [6, 6.07) is 14.4. The number of esters is 1. The van der Waals surface area contributed by atoms with Crippen molar-refractivity contribution in [2.75, 3.05) is 10.6 Å². The van der Waals surface area contributed by atoms with Gasteiger partial charge in [-0.15, -0.1) is 0 Å². The number of carbonyl (C=O) groups excluding carboxylic acids is 3. The molecule has 2 saturated carbocycles. The van der Waals surface area contributed by atoms with Crippen LogP contribution in [0.15, 0.2) is 48.5 Å². The van der Waals surface area contributed by atoms with Gasteiger partial charge in [0, 0.05) is 22.9 Å². The molecular formula is C23H22N2O4. The fourth-order valence-electron chi connectivity index (χ4n) is 5.17. The number of fused-ring (bicyclic) bond motifs is 1. The van der Waals surface area contributed by atoms with Crippen molar-refractivity contribution in [1.82, 2.24) is 0 Å². The first kappa shape index (κ1) is 17.9. The van der Waals surface area contributed by atoms with Crippen molar-refractivity contribution >= 4 is 29.2 Å². The highest BCUT2D eigenvalue weighted by Gasteiger charge is 2.63. The summed E-state index contributed by atoms with van der Waals surface area (Å²) in [7, 11) is 0. The first-order valence-corrected chi connectivity index (χ1v) is 9.99. The van der Waals surface area contributed by atoms with Gasteiger partial charge in [0.05, 0.1) is 11.8 Å². The molecule has 3 aliphatic rings. The van der Waals surface area contributed by atoms with Crippen molar-refractivity contribution in [2.24, 2.45) is 23.7 Å². The molecule has 6 heteroatoms. The van der Waals surface area contributed by atoms with Crippen molar-refractivity contribution in [3.05, 3.63) is 59.7 Å². The van der Waals surface area contributed by atoms with Crippen LogP contribution in [-0.4, -0.2) is 23.9 Å². The van der Waals surface area contributed by atoms with Crippen LogP contribution in [0.4, 0.5) is 11.4 Å². The Morgan fingerprint density at radius 1 is 1.00 bits per heavy atom. The van der Waals surface area contributed by atoms with E-state index in [4.69, 9.17) is 4.74 Å². The lowest BCUT2D eigenvalue weighted by Gasteiger charge is -2.23. The molecule has 2 aromatic carbocycles. The van der Waals surface area contributed by atoms with Gasteiger partial charge in [0.1, 0.15) is 6.10 Å². The van der Waals surface area contributed by atoms with Crippen molar-refractivity contribution in [3.63, 3.8) is 0 Å². The zero-order chi connectivity index (χ0) is 20.1. The minimum atomic E-state index is -0.322. The smallest absolute Gasteiger partial charge is 0.310 e. The first-order chi connectivity index (χ1) is 14.0. The summed E-state index contributed by atoms with van der Waals surface area (Å²) < 4.78 is 5.42. The van der Waals surface area contributed by atoms with Gasteiger partial charge in [-0.3, -0.25) is 14.4 Å². The van der Waals surface area contributed by atoms with Crippen LogP contribution >= 0.6 is 0 Å². The van der Waals surface area contributed by atoms with E-state index in [2.05, 4.69) is 10.6 Å². The van der Waals surface area contributed by atoms with Gasteiger partial charge in [0.15, 0.2) is 0 Å². The van der Waals surface area contributed by atoms with Crippen LogP contribution in [0.3, 0.4) is 0 Å². The van der Waals surface area contributed by atoms with E-state index in [9.17, 15) is 14.4 Å². The number of aryl methyl sites for hydroxylation is 1. The van der Waals surface area contributed by atoms with E-state index in [0.29, 0.717) is 16.9 Å². The molecule has 5 rings (SSSR count). The largest absolute Gasteiger partial charge is 0.462 e. The number of hydrogen-bond donors (Lipinski definition) is 2. The number of rotatable bonds is 4. The molecule has 2 bridgehead atoms. The highest BCUT2D eigenvalue weighted by molar-refractivity contribution is 6.05. The van der Waals surface area contributed by atoms with Gasteiger partial charge in [0.25, 0.3) is 5.91 Å². The van der Waals surface area contributed by atoms with Crippen molar-refractivity contribution in [2.45, 2.75) is 25.9 Å². The predicted octanol–water partition coefficient (Wildman–Crippen LogP) is 3.38. The summed E-state index contributed by atoms with van der Waals surface area (Å²) >= 11 is 0. The average molecular weight is 390 g/mol. The Kier molecular flexibility index (Phi) is 4.15. The maximum absolute atomic E-state index is 12.9. The van der Waals surface area contributed by atoms with Gasteiger partial charge in [0.2, 0.25) is 5.91 Å². The number of ether oxygens (including phenoxy) is 1. The third-order valence-corrected chi connectivity index (χ3v) is 6.49. The number of hydrogen-bond acceptors (Lipinski definition) is 4. The maximum Gasteiger partial charge on any atom is 0.310 e. The zero-order valence-corrected chi connectivity index (χ0v) is 16.1. The topological polar surface area (TPSA) is 84.5 Å². The van der Waals surface area contributed by atoms with Crippen LogP contribution in [0.5, 0.6) is 0 Å². The Morgan fingerprint density at radius 2 is 1.72 bits per heavy atom. The van der Waals surface area contributed by atoms with Gasteiger partial charge in [-0.25, -0.2) is 0 Å². The molecule has 1 saturated heterocycles. The molecule has 6 nitrogen and oxygen atoms in total. The Bertz CT molecular complexity index is 998. The highest BCUT2D eigenvalue weighted by Crippen LogP contribution is 2.57. The first-order valence-electron chi connectivity index (χ1n) is 9.99. The lowest BCUT2D eigenvalue weighted by molar-refractivity contribution is -0.145. The lowest BCUT2D eigenvalue weighted by Crippen LogP contribution is -2.35. The molecule has 29 heavy (non-hydrogen) atoms. The van der Waals surface area contributed by atoms with E-state index in [-0.39, 0.29) is 47.6 Å². The number of nitrogens with one attached hydrogen (secondary N) is 2. The van der Waals surface area contributed by atoms with Gasteiger partial charge in [-0.1, -0.05) is 23.8 Å². The van der Waals surface area contributed by atoms with Gasteiger partial charge < -0.3 is 15.4 Å². The molecule has 2 aliphatic carbocycles. The molecule has 5 unspecified atom stereocenters. The molecule has 148 valence electrons. The molecule has 0 radical (unpaired) electrons. The van der Waals surface area contributed by atoms with Crippen LogP contribution in [0.25, 0.3) is 0 Å². The minimum Gasteiger partial charge on any atom is -0.462 e. The Balaban J connectivity index is 1.28. The zero-order valence-electron chi connectivity index (χ0n) is 16.1. The molecule has 1 aliphatic heterocycles. The standard InChI is InChI=1S/C23H22N2O4/c1-12-5-7-13(8-6-12)21(26)24-15-3-2-4-16(11-15)25-22(27)19-14-9-17-18(10-14)29-23(28)20(17)19/h2-8,11,14,17-20H,9-10H2,1H3,(H,24,26)(H,25,27). The number of benzene rings is 2. The summed E-state index contributed by atoms with van der Waals surface area (Å²) in [4.78, 5) is 37.5. The third-order valence-electron chi connectivity index (χ3n) is 6.49. The van der Waals surface area contributed by atoms with Crippen molar-refractivity contribution in [3.8, 4) is 0 Å². The maximum atomic E-state index is 12.9. The normalized spacial score (nSPS) is 28.9. The number of anilines is 2. The fourth-order valence-corrected chi connectivity index (χ4v) is 5.17. The quantitative estimate of drug-likeness (QED) is 0.784. The summed E-state index contributed by atoms with van der Waals surface area (Å²) in [5, 5.41) is 5.79. The van der Waals surface area contributed by atoms with Crippen LogP contribution in [0.2, 0.25) is 0 Å².